The van der Waals surface area contributed by atoms with Gasteiger partial charge in [-0.3, -0.25) is 14.4 Å². The molecule has 4 heterocycles. The summed E-state index contributed by atoms with van der Waals surface area (Å²) in [6, 6.07) is 10.9. The molecule has 0 unspecified atom stereocenters. The lowest BCUT2D eigenvalue weighted by molar-refractivity contribution is -0.396. The maximum Gasteiger partial charge on any atom is 0.434 e. The number of ether oxygens (including phenoxy) is 1. The van der Waals surface area contributed by atoms with Gasteiger partial charge in [0, 0.05) is 79.0 Å². The summed E-state index contributed by atoms with van der Waals surface area (Å²) in [5, 5.41) is 27.5. The first-order valence-corrected chi connectivity index (χ1v) is 22.3. The van der Waals surface area contributed by atoms with Crippen LogP contribution in [0.5, 0.6) is 0 Å². The number of benzene rings is 2. The van der Waals surface area contributed by atoms with E-state index in [1.165, 1.54) is 17.0 Å². The Labute approximate surface area is 373 Å². The molecule has 0 radical (unpaired) electrons. The van der Waals surface area contributed by atoms with Gasteiger partial charge in [0.2, 0.25) is 11.8 Å². The number of aromatic nitrogens is 3. The Morgan fingerprint density at radius 2 is 1.81 bits per heavy atom. The highest BCUT2D eigenvalue weighted by atomic mass is 16.6. The fourth-order valence-electron chi connectivity index (χ4n) is 9.53. The first-order valence-electron chi connectivity index (χ1n) is 22.3. The lowest BCUT2D eigenvalue weighted by Gasteiger charge is -2.39. The van der Waals surface area contributed by atoms with E-state index in [0.717, 1.165) is 46.4 Å². The van der Waals surface area contributed by atoms with Gasteiger partial charge in [-0.15, -0.1) is 0 Å². The Morgan fingerprint density at radius 1 is 1.06 bits per heavy atom. The van der Waals surface area contributed by atoms with E-state index in [9.17, 15) is 34.6 Å². The predicted molar refractivity (Wildman–Crippen MR) is 241 cm³/mol. The molecule has 340 valence electrons. The van der Waals surface area contributed by atoms with Crippen LogP contribution < -0.4 is 15.5 Å². The SMILES string of the molecule is CCc1cc2c(cc1N1CCN(C(=O)CCCN3CC[C@@](C)(NC(=O)[C@H](CCCn4ccnc4[N+](=O)[O-])NC(=O)OC(C)(C)C)C3)CC1)C(C)(C)c1[nH]c3cc(C#N)ccc3c1C2=O. The first-order chi connectivity index (χ1) is 30.3. The molecular formula is C47H60N10O7. The van der Waals surface area contributed by atoms with Gasteiger partial charge in [-0.2, -0.15) is 5.26 Å². The molecule has 64 heavy (non-hydrogen) atoms. The second-order valence-electron chi connectivity index (χ2n) is 19.1. The van der Waals surface area contributed by atoms with Crippen molar-refractivity contribution in [2.45, 2.75) is 116 Å². The Bertz CT molecular complexity index is 2500. The maximum atomic E-state index is 14.1. The van der Waals surface area contributed by atoms with Crippen LogP contribution in [0, 0.1) is 21.4 Å². The molecule has 17 nitrogen and oxygen atoms in total. The van der Waals surface area contributed by atoms with Gasteiger partial charge in [0.05, 0.1) is 29.3 Å². The maximum absolute atomic E-state index is 14.1. The molecule has 1 aliphatic carbocycles. The molecule has 2 aromatic carbocycles. The van der Waals surface area contributed by atoms with E-state index in [0.29, 0.717) is 81.6 Å². The number of nitrogens with one attached hydrogen (secondary N) is 3. The molecule has 7 rings (SSSR count). The summed E-state index contributed by atoms with van der Waals surface area (Å²) in [5.41, 5.74) is 4.91. The number of aryl methyl sites for hydroxylation is 2. The lowest BCUT2D eigenvalue weighted by atomic mass is 9.70. The third-order valence-electron chi connectivity index (χ3n) is 12.9. The molecule has 0 saturated carbocycles. The Hall–Kier alpha value is -6.28. The monoisotopic (exact) mass is 876 g/mol. The van der Waals surface area contributed by atoms with Crippen molar-refractivity contribution in [3.8, 4) is 6.07 Å². The second kappa shape index (κ2) is 18.1. The average molecular weight is 877 g/mol. The normalized spacial score (nSPS) is 18.9. The van der Waals surface area contributed by atoms with E-state index in [1.54, 1.807) is 32.9 Å². The molecule has 2 fully saturated rings. The smallest absolute Gasteiger partial charge is 0.434 e. The van der Waals surface area contributed by atoms with Crippen molar-refractivity contribution in [2.75, 3.05) is 50.7 Å². The number of nitro groups is 1. The van der Waals surface area contributed by atoms with Crippen LogP contribution in [0.1, 0.15) is 119 Å². The Balaban J connectivity index is 0.910. The minimum atomic E-state index is -0.924. The molecule has 2 aromatic heterocycles. The van der Waals surface area contributed by atoms with E-state index < -0.39 is 33.6 Å². The van der Waals surface area contributed by atoms with Gasteiger partial charge in [-0.1, -0.05) is 31.8 Å². The number of carbonyl (C=O) groups excluding carboxylic acids is 4. The lowest BCUT2D eigenvalue weighted by Crippen LogP contribution is -2.55. The Kier molecular flexibility index (Phi) is 12.9. The van der Waals surface area contributed by atoms with Crippen LogP contribution in [0.4, 0.5) is 16.4 Å². The fourth-order valence-corrected chi connectivity index (χ4v) is 9.53. The highest BCUT2D eigenvalue weighted by Gasteiger charge is 2.41. The van der Waals surface area contributed by atoms with Crippen LogP contribution in [0.3, 0.4) is 0 Å². The summed E-state index contributed by atoms with van der Waals surface area (Å²) >= 11 is 0. The zero-order valence-electron chi connectivity index (χ0n) is 38.0. The van der Waals surface area contributed by atoms with E-state index in [1.807, 2.05) is 17.9 Å². The number of fused-ring (bicyclic) bond motifs is 4. The molecule has 17 heteroatoms. The van der Waals surface area contributed by atoms with Gasteiger partial charge in [-0.05, 0) is 107 Å². The number of H-pyrrole nitrogens is 1. The van der Waals surface area contributed by atoms with Crippen LogP contribution in [0.25, 0.3) is 10.9 Å². The number of nitrogens with zero attached hydrogens (tertiary/aromatic N) is 7. The van der Waals surface area contributed by atoms with Crippen molar-refractivity contribution < 1.29 is 28.8 Å². The second-order valence-corrected chi connectivity index (χ2v) is 19.1. The minimum absolute atomic E-state index is 0.00669. The van der Waals surface area contributed by atoms with Gasteiger partial charge >= 0.3 is 12.0 Å². The van der Waals surface area contributed by atoms with Crippen LogP contribution in [-0.2, 0) is 32.7 Å². The summed E-state index contributed by atoms with van der Waals surface area (Å²) < 4.78 is 6.84. The topological polar surface area (TPSA) is 212 Å². The summed E-state index contributed by atoms with van der Waals surface area (Å²) in [5.74, 6) is -0.536. The minimum Gasteiger partial charge on any atom is -0.444 e. The van der Waals surface area contributed by atoms with E-state index >= 15 is 0 Å². The number of aromatic amines is 1. The number of hydrogen-bond donors (Lipinski definition) is 3. The number of piperazine rings is 1. The van der Waals surface area contributed by atoms with Gasteiger partial charge in [0.1, 0.15) is 24.0 Å². The van der Waals surface area contributed by atoms with Crippen LogP contribution >= 0.6 is 0 Å². The number of nitriles is 1. The molecule has 0 bridgehead atoms. The van der Waals surface area contributed by atoms with Crippen LogP contribution in [0.2, 0.25) is 0 Å². The van der Waals surface area contributed by atoms with Crippen molar-refractivity contribution in [1.29, 1.82) is 5.26 Å². The standard InChI is InChI=1S/C47H60N10O7/c1-8-31-26-33-34(46(5,6)41-39(40(33)59)32-14-13-30(28-48)25-36(32)50-41)27-37(31)54-21-23-55(24-22-54)38(58)12-10-17-53-19-15-47(7,29-53)52-42(60)35(51-44(61)64-45(2,3)4)11-9-18-56-20-16-49-43(56)57(62)63/h13-14,16,20,25-27,35,50H,8-12,15,17-19,21-24,29H2,1-7H3,(H,51,61)(H,52,60)/t35-,47+/m0/s1. The number of amides is 3. The van der Waals surface area contributed by atoms with Crippen molar-refractivity contribution in [1.82, 2.24) is 35.0 Å². The molecule has 2 saturated heterocycles. The van der Waals surface area contributed by atoms with Gasteiger partial charge in [0.15, 0.2) is 5.78 Å². The van der Waals surface area contributed by atoms with Gasteiger partial charge in [-0.25, -0.2) is 9.36 Å². The molecule has 2 atom stereocenters. The number of carbonyl (C=O) groups is 4. The van der Waals surface area contributed by atoms with Crippen LogP contribution in [0.15, 0.2) is 42.7 Å². The number of alkyl carbamates (subject to hydrolysis) is 1. The quantitative estimate of drug-likeness (QED) is 0.0994. The summed E-state index contributed by atoms with van der Waals surface area (Å²) in [7, 11) is 0. The molecular weight excluding hydrogens is 817 g/mol. The highest BCUT2D eigenvalue weighted by Crippen LogP contribution is 2.46. The summed E-state index contributed by atoms with van der Waals surface area (Å²) in [4.78, 5) is 78.6. The zero-order chi connectivity index (χ0) is 46.1. The number of likely N-dealkylation sites (tertiary alicyclic amines) is 1. The van der Waals surface area contributed by atoms with E-state index in [-0.39, 0.29) is 36.5 Å². The van der Waals surface area contributed by atoms with Gasteiger partial charge < -0.3 is 45.2 Å². The number of anilines is 1. The predicted octanol–water partition coefficient (Wildman–Crippen LogP) is 5.96. The molecule has 2 aliphatic heterocycles. The fraction of sp³-hybridized carbons (Fsp3) is 0.532. The first kappa shape index (κ1) is 45.7. The number of rotatable bonds is 14. The molecule has 3 aliphatic rings. The molecule has 4 aromatic rings. The van der Waals surface area contributed by atoms with Crippen LogP contribution in [-0.4, -0.2) is 116 Å². The van der Waals surface area contributed by atoms with Crippen molar-refractivity contribution in [2.24, 2.45) is 0 Å². The van der Waals surface area contributed by atoms with E-state index in [4.69, 9.17) is 4.74 Å². The molecule has 3 N–H and O–H groups in total. The largest absolute Gasteiger partial charge is 0.444 e. The van der Waals surface area contributed by atoms with Crippen molar-refractivity contribution >= 4 is 46.2 Å². The number of hydrogen-bond acceptors (Lipinski definition) is 11. The number of imidazole rings is 1. The van der Waals surface area contributed by atoms with Crippen molar-refractivity contribution in [3.05, 3.63) is 86.4 Å². The number of ketones is 1. The van der Waals surface area contributed by atoms with E-state index in [2.05, 4.69) is 69.4 Å². The third kappa shape index (κ3) is 9.62. The summed E-state index contributed by atoms with van der Waals surface area (Å²) in [6.45, 7) is 18.4. The summed E-state index contributed by atoms with van der Waals surface area (Å²) in [6.07, 6.45) is 5.26. The average Bonchev–Trinajstić information content (AvgIpc) is 3.98. The third-order valence-corrected chi connectivity index (χ3v) is 12.9. The zero-order valence-corrected chi connectivity index (χ0v) is 38.0. The highest BCUT2D eigenvalue weighted by molar-refractivity contribution is 6.20. The van der Waals surface area contributed by atoms with Crippen molar-refractivity contribution in [3.63, 3.8) is 0 Å². The molecule has 0 spiro atoms. The molecule has 3 amide bonds. The van der Waals surface area contributed by atoms with Gasteiger partial charge in [0.25, 0.3) is 0 Å². The Morgan fingerprint density at radius 3 is 2.50 bits per heavy atom.